The molecule has 2 aromatic rings. The zero-order valence-corrected chi connectivity index (χ0v) is 11.8. The Kier molecular flexibility index (Phi) is 4.50. The Morgan fingerprint density at radius 3 is 2.16 bits per heavy atom. The average Bonchev–Trinajstić information content (AvgIpc) is 2.34. The summed E-state index contributed by atoms with van der Waals surface area (Å²) in [4.78, 5) is 0. The summed E-state index contributed by atoms with van der Waals surface area (Å²) < 4.78 is 26.8. The van der Waals surface area contributed by atoms with E-state index >= 15 is 0 Å². The molecule has 0 unspecified atom stereocenters. The van der Waals surface area contributed by atoms with Crippen molar-refractivity contribution in [3.05, 3.63) is 62.6 Å². The molecule has 0 saturated heterocycles. The summed E-state index contributed by atoms with van der Waals surface area (Å²) in [5.41, 5.74) is 0.937. The van der Waals surface area contributed by atoms with Gasteiger partial charge in [-0.25, -0.2) is 8.78 Å². The molecule has 0 bridgehead atoms. The third-order valence-corrected chi connectivity index (χ3v) is 3.27. The molecule has 0 aromatic heterocycles. The molecule has 0 atom stereocenters. The molecular weight excluding hydrogens is 315 g/mol. The number of hydrogen-bond acceptors (Lipinski definition) is 1. The molecule has 19 heavy (non-hydrogen) atoms. The van der Waals surface area contributed by atoms with E-state index in [1.165, 1.54) is 18.2 Å². The summed E-state index contributed by atoms with van der Waals surface area (Å²) in [5.74, 6) is -1.09. The highest BCUT2D eigenvalue weighted by atomic mass is 35.5. The number of nitrogens with one attached hydrogen (secondary N) is 1. The second-order valence-corrected chi connectivity index (χ2v) is 5.09. The van der Waals surface area contributed by atoms with Gasteiger partial charge >= 0.3 is 0 Å². The topological polar surface area (TPSA) is 12.0 Å². The lowest BCUT2D eigenvalue weighted by Crippen LogP contribution is -2.02. The van der Waals surface area contributed by atoms with E-state index < -0.39 is 11.6 Å². The van der Waals surface area contributed by atoms with Crippen LogP contribution in [0.3, 0.4) is 0 Å². The third kappa shape index (κ3) is 3.50. The molecule has 2 aromatic carbocycles. The smallest absolute Gasteiger partial charge is 0.160 e. The number of benzene rings is 2. The molecule has 0 aliphatic carbocycles. The van der Waals surface area contributed by atoms with Crippen LogP contribution in [0.2, 0.25) is 15.1 Å². The fourth-order valence-electron chi connectivity index (χ4n) is 1.52. The standard InChI is InChI=1S/C13H8Cl3F2N/c14-8-2-1-7(12(17)3-8)6-19-9-4-10(15)13(18)11(16)5-9/h1-5,19H,6H2. The van der Waals surface area contributed by atoms with Crippen LogP contribution in [0.15, 0.2) is 30.3 Å². The molecule has 0 heterocycles. The van der Waals surface area contributed by atoms with Crippen molar-refractivity contribution in [3.63, 3.8) is 0 Å². The monoisotopic (exact) mass is 321 g/mol. The van der Waals surface area contributed by atoms with Crippen molar-refractivity contribution < 1.29 is 8.78 Å². The van der Waals surface area contributed by atoms with Crippen LogP contribution in [0, 0.1) is 11.6 Å². The molecule has 0 amide bonds. The second-order valence-electron chi connectivity index (χ2n) is 3.84. The highest BCUT2D eigenvalue weighted by molar-refractivity contribution is 6.35. The van der Waals surface area contributed by atoms with Crippen molar-refractivity contribution in [2.75, 3.05) is 5.32 Å². The first kappa shape index (κ1) is 14.4. The summed E-state index contributed by atoms with van der Waals surface area (Å²) >= 11 is 17.0. The number of rotatable bonds is 3. The van der Waals surface area contributed by atoms with Gasteiger partial charge in [0.05, 0.1) is 10.0 Å². The minimum atomic E-state index is -0.674. The Labute approximate surface area is 124 Å². The highest BCUT2D eigenvalue weighted by Gasteiger charge is 2.08. The lowest BCUT2D eigenvalue weighted by Gasteiger charge is -2.09. The number of anilines is 1. The quantitative estimate of drug-likeness (QED) is 0.732. The Balaban J connectivity index is 2.14. The van der Waals surface area contributed by atoms with Crippen LogP contribution in [0.25, 0.3) is 0 Å². The fraction of sp³-hybridized carbons (Fsp3) is 0.0769. The van der Waals surface area contributed by atoms with Gasteiger partial charge in [0.2, 0.25) is 0 Å². The molecule has 0 saturated carbocycles. The highest BCUT2D eigenvalue weighted by Crippen LogP contribution is 2.27. The van der Waals surface area contributed by atoms with E-state index in [2.05, 4.69) is 5.32 Å². The molecule has 1 N–H and O–H groups in total. The van der Waals surface area contributed by atoms with E-state index in [9.17, 15) is 8.78 Å². The van der Waals surface area contributed by atoms with E-state index in [0.717, 1.165) is 0 Å². The maximum Gasteiger partial charge on any atom is 0.160 e. The van der Waals surface area contributed by atoms with Gasteiger partial charge in [0, 0.05) is 22.8 Å². The van der Waals surface area contributed by atoms with Gasteiger partial charge < -0.3 is 5.32 Å². The first-order chi connectivity index (χ1) is 8.97. The van der Waals surface area contributed by atoms with Gasteiger partial charge in [-0.05, 0) is 24.3 Å². The molecule has 0 fully saturated rings. The lowest BCUT2D eigenvalue weighted by atomic mass is 10.2. The Morgan fingerprint density at radius 1 is 0.947 bits per heavy atom. The fourth-order valence-corrected chi connectivity index (χ4v) is 2.17. The Morgan fingerprint density at radius 2 is 1.58 bits per heavy atom. The van der Waals surface area contributed by atoms with Crippen LogP contribution in [-0.2, 0) is 6.54 Å². The largest absolute Gasteiger partial charge is 0.381 e. The SMILES string of the molecule is Fc1cc(Cl)ccc1CNc1cc(Cl)c(F)c(Cl)c1. The lowest BCUT2D eigenvalue weighted by molar-refractivity contribution is 0.613. The maximum atomic E-state index is 13.5. The maximum absolute atomic E-state index is 13.5. The predicted octanol–water partition coefficient (Wildman–Crippen LogP) is 5.54. The van der Waals surface area contributed by atoms with Crippen LogP contribution in [0.5, 0.6) is 0 Å². The second kappa shape index (κ2) is 5.95. The summed E-state index contributed by atoms with van der Waals surface area (Å²) in [5, 5.41) is 3.06. The van der Waals surface area contributed by atoms with Gasteiger partial charge in [-0.3, -0.25) is 0 Å². The molecular formula is C13H8Cl3F2N. The minimum Gasteiger partial charge on any atom is -0.381 e. The van der Waals surface area contributed by atoms with Crippen molar-refractivity contribution in [1.82, 2.24) is 0 Å². The van der Waals surface area contributed by atoms with E-state index in [1.54, 1.807) is 12.1 Å². The van der Waals surface area contributed by atoms with Gasteiger partial charge in [0.1, 0.15) is 5.82 Å². The average molecular weight is 323 g/mol. The van der Waals surface area contributed by atoms with E-state index in [1.807, 2.05) is 0 Å². The van der Waals surface area contributed by atoms with Crippen molar-refractivity contribution >= 4 is 40.5 Å². The van der Waals surface area contributed by atoms with E-state index in [-0.39, 0.29) is 16.6 Å². The Hall–Kier alpha value is -1.03. The minimum absolute atomic E-state index is 0.0911. The van der Waals surface area contributed by atoms with Gasteiger partial charge in [0.25, 0.3) is 0 Å². The number of halogens is 5. The van der Waals surface area contributed by atoms with Crippen molar-refractivity contribution in [2.45, 2.75) is 6.54 Å². The predicted molar refractivity (Wildman–Crippen MR) is 75.2 cm³/mol. The van der Waals surface area contributed by atoms with E-state index in [4.69, 9.17) is 34.8 Å². The number of hydrogen-bond donors (Lipinski definition) is 1. The molecule has 0 radical (unpaired) electrons. The van der Waals surface area contributed by atoms with Crippen molar-refractivity contribution in [1.29, 1.82) is 0 Å². The van der Waals surface area contributed by atoms with Gasteiger partial charge in [-0.1, -0.05) is 40.9 Å². The molecule has 1 nitrogen and oxygen atoms in total. The van der Waals surface area contributed by atoms with Crippen molar-refractivity contribution in [2.24, 2.45) is 0 Å². The van der Waals surface area contributed by atoms with Gasteiger partial charge in [-0.2, -0.15) is 0 Å². The molecule has 0 spiro atoms. The normalized spacial score (nSPS) is 10.6. The van der Waals surface area contributed by atoms with Gasteiger partial charge in [-0.15, -0.1) is 0 Å². The zero-order valence-electron chi connectivity index (χ0n) is 9.48. The van der Waals surface area contributed by atoms with Crippen LogP contribution in [-0.4, -0.2) is 0 Å². The summed E-state index contributed by atoms with van der Waals surface area (Å²) in [7, 11) is 0. The van der Waals surface area contributed by atoms with Crippen molar-refractivity contribution in [3.8, 4) is 0 Å². The van der Waals surface area contributed by atoms with Gasteiger partial charge in [0.15, 0.2) is 5.82 Å². The summed E-state index contributed by atoms with van der Waals surface area (Å²) in [6.45, 7) is 0.210. The molecule has 0 aliphatic rings. The van der Waals surface area contributed by atoms with Crippen LogP contribution >= 0.6 is 34.8 Å². The molecule has 2 rings (SSSR count). The van der Waals surface area contributed by atoms with E-state index in [0.29, 0.717) is 16.3 Å². The molecule has 100 valence electrons. The van der Waals surface area contributed by atoms with Crippen LogP contribution in [0.4, 0.5) is 14.5 Å². The van der Waals surface area contributed by atoms with Crippen LogP contribution < -0.4 is 5.32 Å². The summed E-state index contributed by atoms with van der Waals surface area (Å²) in [6, 6.07) is 7.15. The third-order valence-electron chi connectivity index (χ3n) is 2.48. The molecule has 6 heteroatoms. The first-order valence-electron chi connectivity index (χ1n) is 5.29. The summed E-state index contributed by atoms with van der Waals surface area (Å²) in [6.07, 6.45) is 0. The Bertz CT molecular complexity index is 594. The first-order valence-corrected chi connectivity index (χ1v) is 6.43. The van der Waals surface area contributed by atoms with Crippen LogP contribution in [0.1, 0.15) is 5.56 Å². The molecule has 0 aliphatic heterocycles. The zero-order chi connectivity index (χ0) is 14.0.